The van der Waals surface area contributed by atoms with Crippen LogP contribution in [-0.2, 0) is 52.1 Å². The molecule has 1 aromatic carbocycles. The van der Waals surface area contributed by atoms with Gasteiger partial charge in [0.15, 0.2) is 0 Å². The van der Waals surface area contributed by atoms with Gasteiger partial charge < -0.3 is 56.8 Å². The van der Waals surface area contributed by atoms with Gasteiger partial charge in [0, 0.05) is 12.2 Å². The number of ether oxygens (including phenoxy) is 12. The molecule has 1 aromatic rings. The Kier molecular flexibility index (Phi) is 39.0. The topological polar surface area (TPSA) is 128 Å². The first kappa shape index (κ1) is 48.3. The summed E-state index contributed by atoms with van der Waals surface area (Å²) in [5.74, 6) is 0.705. The lowest BCUT2D eigenvalue weighted by atomic mass is 10.1. The minimum absolute atomic E-state index is 0.432. The summed E-state index contributed by atoms with van der Waals surface area (Å²) < 4.78 is 66.2. The van der Waals surface area contributed by atoms with Gasteiger partial charge in [0.2, 0.25) is 0 Å². The summed E-state index contributed by atoms with van der Waals surface area (Å²) in [7, 11) is 0. The number of carbonyl (C=O) groups excluding carboxylic acids is 1. The molecule has 0 radical (unpaired) electrons. The third kappa shape index (κ3) is 36.6. The summed E-state index contributed by atoms with van der Waals surface area (Å²) in [5, 5.41) is 0. The molecule has 0 heterocycles. The second kappa shape index (κ2) is 42.0. The van der Waals surface area contributed by atoms with E-state index in [2.05, 4.69) is 6.92 Å². The molecule has 0 atom stereocenters. The molecular formula is C39H70O13. The van der Waals surface area contributed by atoms with E-state index in [-0.39, 0.29) is 0 Å². The molecule has 0 amide bonds. The van der Waals surface area contributed by atoms with Crippen LogP contribution in [0, 0.1) is 0 Å². The molecule has 13 nitrogen and oxygen atoms in total. The summed E-state index contributed by atoms with van der Waals surface area (Å²) in [5.41, 5.74) is 0.619. The average Bonchev–Trinajstić information content (AvgIpc) is 3.17. The van der Waals surface area contributed by atoms with Crippen molar-refractivity contribution in [1.82, 2.24) is 0 Å². The van der Waals surface area contributed by atoms with Crippen LogP contribution in [-0.4, -0.2) is 158 Å². The molecule has 0 saturated carbocycles. The Labute approximate surface area is 313 Å². The highest BCUT2D eigenvalue weighted by atomic mass is 16.6. The van der Waals surface area contributed by atoms with Crippen molar-refractivity contribution in [3.05, 3.63) is 29.8 Å². The summed E-state index contributed by atoms with van der Waals surface area (Å²) in [6.45, 7) is 14.4. The minimum Gasteiger partial charge on any atom is -0.491 e. The van der Waals surface area contributed by atoms with Crippen molar-refractivity contribution >= 4 is 6.29 Å². The Morgan fingerprint density at radius 2 is 0.615 bits per heavy atom. The van der Waals surface area contributed by atoms with E-state index in [1.54, 1.807) is 24.3 Å². The molecule has 52 heavy (non-hydrogen) atoms. The van der Waals surface area contributed by atoms with Gasteiger partial charge in [-0.15, -0.1) is 0 Å². The van der Waals surface area contributed by atoms with Gasteiger partial charge in [-0.05, 0) is 30.7 Å². The number of aldehydes is 1. The van der Waals surface area contributed by atoms with Crippen molar-refractivity contribution in [1.29, 1.82) is 0 Å². The lowest BCUT2D eigenvalue weighted by Gasteiger charge is -2.09. The van der Waals surface area contributed by atoms with E-state index >= 15 is 0 Å². The number of unbranched alkanes of at least 4 members (excludes halogenated alkanes) is 7. The summed E-state index contributed by atoms with van der Waals surface area (Å²) in [6, 6.07) is 6.94. The van der Waals surface area contributed by atoms with Crippen molar-refractivity contribution in [2.75, 3.05) is 152 Å². The molecule has 0 N–H and O–H groups in total. The Morgan fingerprint density at radius 3 is 0.923 bits per heavy atom. The Balaban J connectivity index is 1.62. The predicted octanol–water partition coefficient (Wildman–Crippen LogP) is 5.20. The quantitative estimate of drug-likeness (QED) is 0.0642. The standard InChI is InChI=1S/C39H70O13/c1-2-3-4-5-6-7-8-9-14-41-15-16-42-17-18-43-19-20-44-21-22-45-23-24-46-25-26-47-27-28-48-29-30-49-31-32-50-33-34-51-35-36-52-39-12-10-38(37-40)11-13-39/h10-13,37H,2-9,14-36H2,1H3. The zero-order valence-electron chi connectivity index (χ0n) is 32.1. The monoisotopic (exact) mass is 746 g/mol. The van der Waals surface area contributed by atoms with Crippen LogP contribution < -0.4 is 4.74 Å². The fourth-order valence-electron chi connectivity index (χ4n) is 4.50. The number of rotatable bonds is 44. The average molecular weight is 747 g/mol. The molecule has 0 saturated heterocycles. The number of carbonyl (C=O) groups is 1. The third-order valence-electron chi connectivity index (χ3n) is 7.37. The molecule has 0 spiro atoms. The van der Waals surface area contributed by atoms with E-state index in [4.69, 9.17) is 56.8 Å². The smallest absolute Gasteiger partial charge is 0.150 e. The summed E-state index contributed by atoms with van der Waals surface area (Å²) >= 11 is 0. The van der Waals surface area contributed by atoms with Gasteiger partial charge in [-0.2, -0.15) is 0 Å². The van der Waals surface area contributed by atoms with E-state index in [0.717, 1.165) is 19.3 Å². The van der Waals surface area contributed by atoms with Gasteiger partial charge in [-0.1, -0.05) is 51.9 Å². The van der Waals surface area contributed by atoms with Crippen LogP contribution in [0.25, 0.3) is 0 Å². The third-order valence-corrected chi connectivity index (χ3v) is 7.37. The molecule has 0 unspecified atom stereocenters. The lowest BCUT2D eigenvalue weighted by Crippen LogP contribution is -2.15. The molecule has 304 valence electrons. The second-order valence-corrected chi connectivity index (χ2v) is 11.7. The van der Waals surface area contributed by atoms with Crippen LogP contribution >= 0.6 is 0 Å². The SMILES string of the molecule is CCCCCCCCCCOCCOCCOCCOCCOCCOCCOCCOCCOCCOCCOCCOc1ccc(C=O)cc1. The van der Waals surface area contributed by atoms with Crippen molar-refractivity contribution in [3.8, 4) is 5.75 Å². The molecule has 1 rings (SSSR count). The summed E-state index contributed by atoms with van der Waals surface area (Å²) in [4.78, 5) is 10.6. The summed E-state index contributed by atoms with van der Waals surface area (Å²) in [6.07, 6.45) is 11.3. The Bertz CT molecular complexity index is 831. The normalized spacial score (nSPS) is 11.4. The largest absolute Gasteiger partial charge is 0.491 e. The van der Waals surface area contributed by atoms with E-state index < -0.39 is 0 Å². The number of hydrogen-bond acceptors (Lipinski definition) is 13. The van der Waals surface area contributed by atoms with E-state index in [9.17, 15) is 4.79 Å². The van der Waals surface area contributed by atoms with Crippen LogP contribution in [0.5, 0.6) is 5.75 Å². The highest BCUT2D eigenvalue weighted by molar-refractivity contribution is 5.74. The number of hydrogen-bond donors (Lipinski definition) is 0. The Hall–Kier alpha value is -1.75. The van der Waals surface area contributed by atoms with Crippen LogP contribution in [0.15, 0.2) is 24.3 Å². The number of benzene rings is 1. The lowest BCUT2D eigenvalue weighted by molar-refractivity contribution is -0.0277. The zero-order valence-corrected chi connectivity index (χ0v) is 32.1. The van der Waals surface area contributed by atoms with Crippen molar-refractivity contribution in [2.45, 2.75) is 58.3 Å². The first-order valence-corrected chi connectivity index (χ1v) is 19.4. The molecule has 0 aromatic heterocycles. The fraction of sp³-hybridized carbons (Fsp3) is 0.821. The highest BCUT2D eigenvalue weighted by Crippen LogP contribution is 2.11. The van der Waals surface area contributed by atoms with Gasteiger partial charge in [0.25, 0.3) is 0 Å². The second-order valence-electron chi connectivity index (χ2n) is 11.7. The molecule has 0 aliphatic rings. The van der Waals surface area contributed by atoms with Crippen LogP contribution in [0.4, 0.5) is 0 Å². The van der Waals surface area contributed by atoms with Crippen LogP contribution in [0.1, 0.15) is 68.6 Å². The molecule has 13 heteroatoms. The molecule has 0 bridgehead atoms. The van der Waals surface area contributed by atoms with Gasteiger partial charge >= 0.3 is 0 Å². The van der Waals surface area contributed by atoms with Gasteiger partial charge in [0.1, 0.15) is 18.6 Å². The van der Waals surface area contributed by atoms with Gasteiger partial charge in [0.05, 0.1) is 139 Å². The van der Waals surface area contributed by atoms with Gasteiger partial charge in [-0.3, -0.25) is 4.79 Å². The van der Waals surface area contributed by atoms with Crippen molar-refractivity contribution in [3.63, 3.8) is 0 Å². The molecule has 0 aliphatic heterocycles. The molecular weight excluding hydrogens is 676 g/mol. The maximum atomic E-state index is 10.6. The first-order chi connectivity index (χ1) is 25.9. The van der Waals surface area contributed by atoms with E-state index in [1.807, 2.05) is 0 Å². The fourth-order valence-corrected chi connectivity index (χ4v) is 4.50. The predicted molar refractivity (Wildman–Crippen MR) is 199 cm³/mol. The van der Waals surface area contributed by atoms with Crippen molar-refractivity contribution < 1.29 is 61.6 Å². The minimum atomic E-state index is 0.432. The van der Waals surface area contributed by atoms with Gasteiger partial charge in [-0.25, -0.2) is 0 Å². The van der Waals surface area contributed by atoms with Crippen LogP contribution in [0.3, 0.4) is 0 Å². The maximum Gasteiger partial charge on any atom is 0.150 e. The highest BCUT2D eigenvalue weighted by Gasteiger charge is 1.98. The van der Waals surface area contributed by atoms with Crippen LogP contribution in [0.2, 0.25) is 0 Å². The van der Waals surface area contributed by atoms with E-state index in [1.165, 1.54) is 44.9 Å². The maximum absolute atomic E-state index is 10.6. The van der Waals surface area contributed by atoms with Crippen molar-refractivity contribution in [2.24, 2.45) is 0 Å². The molecule has 0 fully saturated rings. The zero-order chi connectivity index (χ0) is 37.1. The first-order valence-electron chi connectivity index (χ1n) is 19.4. The molecule has 0 aliphatic carbocycles. The van der Waals surface area contributed by atoms with E-state index in [0.29, 0.717) is 157 Å². The Morgan fingerprint density at radius 1 is 0.346 bits per heavy atom.